The highest BCUT2D eigenvalue weighted by atomic mass is 14.9. The van der Waals surface area contributed by atoms with Crippen molar-refractivity contribution in [2.75, 3.05) is 7.05 Å². The number of hydrogen-bond donors (Lipinski definition) is 1. The average Bonchev–Trinajstić information content (AvgIpc) is 2.82. The highest BCUT2D eigenvalue weighted by Crippen LogP contribution is 2.43. The summed E-state index contributed by atoms with van der Waals surface area (Å²) in [6.07, 6.45) is 7.28. The topological polar surface area (TPSA) is 12.0 Å². The first-order valence-corrected chi connectivity index (χ1v) is 6.19. The van der Waals surface area contributed by atoms with Gasteiger partial charge in [-0.05, 0) is 25.5 Å². The molecule has 0 radical (unpaired) electrons. The van der Waals surface area contributed by atoms with Crippen molar-refractivity contribution < 1.29 is 0 Å². The van der Waals surface area contributed by atoms with Crippen LogP contribution in [0.25, 0.3) is 0 Å². The van der Waals surface area contributed by atoms with Crippen LogP contribution in [0.4, 0.5) is 0 Å². The van der Waals surface area contributed by atoms with Crippen molar-refractivity contribution in [2.45, 2.75) is 37.1 Å². The summed E-state index contributed by atoms with van der Waals surface area (Å²) in [5, 5.41) is 3.41. The Morgan fingerprint density at radius 1 is 1.25 bits per heavy atom. The van der Waals surface area contributed by atoms with Gasteiger partial charge in [0.2, 0.25) is 0 Å². The molecule has 1 heteroatoms. The zero-order valence-corrected chi connectivity index (χ0v) is 10.1. The first kappa shape index (κ1) is 11.4. The summed E-state index contributed by atoms with van der Waals surface area (Å²) < 4.78 is 0. The SMILES string of the molecule is C=CC(NC)C1(c2ccccc2)CCCC1. The predicted octanol–water partition coefficient (Wildman–Crippen LogP) is 3.27. The molecule has 0 amide bonds. The lowest BCUT2D eigenvalue weighted by Crippen LogP contribution is -2.44. The second-order valence-electron chi connectivity index (χ2n) is 4.73. The number of likely N-dealkylation sites (N-methyl/N-ethyl adjacent to an activating group) is 1. The molecule has 1 aliphatic carbocycles. The Kier molecular flexibility index (Phi) is 3.45. The molecular formula is C15H21N. The van der Waals surface area contributed by atoms with Crippen LogP contribution >= 0.6 is 0 Å². The largest absolute Gasteiger partial charge is 0.313 e. The fourth-order valence-electron chi connectivity index (χ4n) is 3.17. The van der Waals surface area contributed by atoms with E-state index in [9.17, 15) is 0 Å². The fourth-order valence-corrected chi connectivity index (χ4v) is 3.17. The third-order valence-electron chi connectivity index (χ3n) is 3.99. The van der Waals surface area contributed by atoms with Gasteiger partial charge >= 0.3 is 0 Å². The standard InChI is InChI=1S/C15H21N/c1-3-14(16-2)15(11-7-8-12-15)13-9-5-4-6-10-13/h3-6,9-10,14,16H,1,7-8,11-12H2,2H3. The Balaban J connectivity index is 2.39. The highest BCUT2D eigenvalue weighted by Gasteiger charge is 2.40. The molecule has 0 aliphatic heterocycles. The molecule has 1 aromatic rings. The third-order valence-corrected chi connectivity index (χ3v) is 3.99. The monoisotopic (exact) mass is 215 g/mol. The van der Waals surface area contributed by atoms with Crippen LogP contribution in [-0.2, 0) is 5.41 Å². The van der Waals surface area contributed by atoms with Gasteiger partial charge in [0.1, 0.15) is 0 Å². The van der Waals surface area contributed by atoms with E-state index in [1.807, 2.05) is 7.05 Å². The van der Waals surface area contributed by atoms with Crippen LogP contribution in [-0.4, -0.2) is 13.1 Å². The van der Waals surface area contributed by atoms with E-state index in [0.29, 0.717) is 6.04 Å². The van der Waals surface area contributed by atoms with Crippen LogP contribution in [0, 0.1) is 0 Å². The second-order valence-corrected chi connectivity index (χ2v) is 4.73. The number of rotatable bonds is 4. The zero-order chi connectivity index (χ0) is 11.4. The van der Waals surface area contributed by atoms with Crippen molar-refractivity contribution in [1.82, 2.24) is 5.32 Å². The van der Waals surface area contributed by atoms with Gasteiger partial charge in [0.05, 0.1) is 0 Å². The van der Waals surface area contributed by atoms with Gasteiger partial charge in [-0.1, -0.05) is 49.2 Å². The normalized spacial score (nSPS) is 20.6. The van der Waals surface area contributed by atoms with Crippen LogP contribution in [0.1, 0.15) is 31.2 Å². The molecule has 0 aromatic heterocycles. The van der Waals surface area contributed by atoms with Crippen molar-refractivity contribution in [2.24, 2.45) is 0 Å². The van der Waals surface area contributed by atoms with E-state index in [1.165, 1.54) is 31.2 Å². The fraction of sp³-hybridized carbons (Fsp3) is 0.467. The third kappa shape index (κ3) is 1.80. The second kappa shape index (κ2) is 4.84. The van der Waals surface area contributed by atoms with E-state index in [2.05, 4.69) is 48.3 Å². The van der Waals surface area contributed by atoms with Gasteiger partial charge in [-0.2, -0.15) is 0 Å². The summed E-state index contributed by atoms with van der Waals surface area (Å²) in [4.78, 5) is 0. The molecule has 0 saturated heterocycles. The maximum atomic E-state index is 3.98. The number of nitrogens with one attached hydrogen (secondary N) is 1. The van der Waals surface area contributed by atoms with Gasteiger partial charge in [0, 0.05) is 11.5 Å². The quantitative estimate of drug-likeness (QED) is 0.760. The zero-order valence-electron chi connectivity index (χ0n) is 10.1. The van der Waals surface area contributed by atoms with Crippen molar-refractivity contribution >= 4 is 0 Å². The first-order chi connectivity index (χ1) is 7.83. The van der Waals surface area contributed by atoms with Crippen molar-refractivity contribution in [3.05, 3.63) is 48.6 Å². The molecule has 16 heavy (non-hydrogen) atoms. The van der Waals surface area contributed by atoms with E-state index in [0.717, 1.165) is 0 Å². The maximum absolute atomic E-state index is 3.98. The van der Waals surface area contributed by atoms with Gasteiger partial charge in [-0.25, -0.2) is 0 Å². The van der Waals surface area contributed by atoms with E-state index in [-0.39, 0.29) is 5.41 Å². The molecule has 0 bridgehead atoms. The minimum Gasteiger partial charge on any atom is -0.313 e. The summed E-state index contributed by atoms with van der Waals surface area (Å²) in [5.41, 5.74) is 1.74. The molecule has 1 nitrogen and oxygen atoms in total. The van der Waals surface area contributed by atoms with Gasteiger partial charge in [0.25, 0.3) is 0 Å². The molecule has 1 unspecified atom stereocenters. The van der Waals surface area contributed by atoms with Crippen LogP contribution in [0.2, 0.25) is 0 Å². The Labute approximate surface area is 98.6 Å². The van der Waals surface area contributed by atoms with E-state index in [4.69, 9.17) is 0 Å². The first-order valence-electron chi connectivity index (χ1n) is 6.19. The molecule has 1 N–H and O–H groups in total. The van der Waals surface area contributed by atoms with Crippen molar-refractivity contribution in [1.29, 1.82) is 0 Å². The Hall–Kier alpha value is -1.08. The van der Waals surface area contributed by atoms with Gasteiger partial charge in [-0.3, -0.25) is 0 Å². The van der Waals surface area contributed by atoms with Crippen molar-refractivity contribution in [3.8, 4) is 0 Å². The summed E-state index contributed by atoms with van der Waals surface area (Å²) in [6, 6.07) is 11.3. The Morgan fingerprint density at radius 2 is 1.88 bits per heavy atom. The van der Waals surface area contributed by atoms with Crippen LogP contribution in [0.3, 0.4) is 0 Å². The molecule has 1 aromatic carbocycles. The van der Waals surface area contributed by atoms with Gasteiger partial charge in [0.15, 0.2) is 0 Å². The summed E-state index contributed by atoms with van der Waals surface area (Å²) >= 11 is 0. The lowest BCUT2D eigenvalue weighted by atomic mass is 9.73. The van der Waals surface area contributed by atoms with Gasteiger partial charge < -0.3 is 5.32 Å². The summed E-state index contributed by atoms with van der Waals surface area (Å²) in [6.45, 7) is 3.98. The van der Waals surface area contributed by atoms with E-state index in [1.54, 1.807) is 0 Å². The van der Waals surface area contributed by atoms with Gasteiger partial charge in [-0.15, -0.1) is 6.58 Å². The van der Waals surface area contributed by atoms with Crippen LogP contribution in [0.15, 0.2) is 43.0 Å². The average molecular weight is 215 g/mol. The molecule has 2 rings (SSSR count). The van der Waals surface area contributed by atoms with Crippen LogP contribution in [0.5, 0.6) is 0 Å². The lowest BCUT2D eigenvalue weighted by molar-refractivity contribution is 0.357. The maximum Gasteiger partial charge on any atom is 0.0342 e. The smallest absolute Gasteiger partial charge is 0.0342 e. The number of benzene rings is 1. The van der Waals surface area contributed by atoms with E-state index < -0.39 is 0 Å². The predicted molar refractivity (Wildman–Crippen MR) is 69.6 cm³/mol. The Bertz CT molecular complexity index is 336. The van der Waals surface area contributed by atoms with Crippen molar-refractivity contribution in [3.63, 3.8) is 0 Å². The molecule has 0 heterocycles. The molecule has 1 saturated carbocycles. The highest BCUT2D eigenvalue weighted by molar-refractivity contribution is 5.31. The molecule has 1 aliphatic rings. The molecule has 1 atom stereocenters. The molecular weight excluding hydrogens is 194 g/mol. The number of hydrogen-bond acceptors (Lipinski definition) is 1. The lowest BCUT2D eigenvalue weighted by Gasteiger charge is -2.36. The minimum atomic E-state index is 0.276. The van der Waals surface area contributed by atoms with Crippen LogP contribution < -0.4 is 5.32 Å². The Morgan fingerprint density at radius 3 is 2.38 bits per heavy atom. The summed E-state index contributed by atoms with van der Waals surface area (Å²) in [5.74, 6) is 0. The molecule has 0 spiro atoms. The summed E-state index contributed by atoms with van der Waals surface area (Å²) in [7, 11) is 2.04. The molecule has 1 fully saturated rings. The molecule has 86 valence electrons. The minimum absolute atomic E-state index is 0.276. The van der Waals surface area contributed by atoms with E-state index >= 15 is 0 Å².